The zero-order valence-electron chi connectivity index (χ0n) is 11.9. The third-order valence-electron chi connectivity index (χ3n) is 3.89. The Morgan fingerprint density at radius 2 is 2.17 bits per heavy atom. The van der Waals surface area contributed by atoms with Crippen molar-refractivity contribution in [2.24, 2.45) is 5.92 Å². The number of anilines is 1. The molecule has 3 rings (SSSR count). The number of hydrogen-bond acceptors (Lipinski definition) is 2. The van der Waals surface area contributed by atoms with Crippen LogP contribution in [0.3, 0.4) is 0 Å². The molecule has 8 heteroatoms. The summed E-state index contributed by atoms with van der Waals surface area (Å²) in [5.41, 5.74) is -0.311. The molecule has 0 saturated carbocycles. The molecule has 1 N–H and O–H groups in total. The maximum Gasteiger partial charge on any atom is 0.418 e. The molecule has 0 bridgehead atoms. The van der Waals surface area contributed by atoms with Gasteiger partial charge in [-0.05, 0) is 24.6 Å². The predicted octanol–water partition coefficient (Wildman–Crippen LogP) is 3.76. The van der Waals surface area contributed by atoms with E-state index in [2.05, 4.69) is 10.3 Å². The fraction of sp³-hybridized carbons (Fsp3) is 0.333. The lowest BCUT2D eigenvalue weighted by molar-refractivity contribution is -0.137. The molecular weight excluding hydrogens is 331 g/mol. The van der Waals surface area contributed by atoms with Gasteiger partial charge in [0.15, 0.2) is 0 Å². The van der Waals surface area contributed by atoms with Gasteiger partial charge in [0.25, 0.3) is 0 Å². The number of nitrogens with zero attached hydrogens (tertiary/aromatic N) is 2. The number of alkyl halides is 3. The summed E-state index contributed by atoms with van der Waals surface area (Å²) in [6, 6.07) is 3.31. The Hall–Kier alpha value is -2.02. The van der Waals surface area contributed by atoms with Crippen molar-refractivity contribution in [3.8, 4) is 0 Å². The molecule has 23 heavy (non-hydrogen) atoms. The molecule has 0 aliphatic carbocycles. The van der Waals surface area contributed by atoms with Gasteiger partial charge in [-0.2, -0.15) is 13.2 Å². The maximum absolute atomic E-state index is 13.1. The van der Waals surface area contributed by atoms with Crippen molar-refractivity contribution in [1.29, 1.82) is 0 Å². The number of aromatic nitrogens is 2. The minimum Gasteiger partial charge on any atom is -0.335 e. The second-order valence-corrected chi connectivity index (χ2v) is 5.88. The fourth-order valence-corrected chi connectivity index (χ4v) is 2.86. The summed E-state index contributed by atoms with van der Waals surface area (Å²) in [5, 5.41) is 2.36. The van der Waals surface area contributed by atoms with Crippen molar-refractivity contribution in [1.82, 2.24) is 9.55 Å². The second kappa shape index (κ2) is 5.88. The van der Waals surface area contributed by atoms with Crippen LogP contribution >= 0.6 is 11.6 Å². The number of amides is 1. The van der Waals surface area contributed by atoms with E-state index in [1.54, 1.807) is 12.5 Å². The van der Waals surface area contributed by atoms with Crippen LogP contribution in [0.4, 0.5) is 18.9 Å². The topological polar surface area (TPSA) is 46.9 Å². The highest BCUT2D eigenvalue weighted by Gasteiger charge is 2.35. The van der Waals surface area contributed by atoms with Gasteiger partial charge in [-0.25, -0.2) is 4.98 Å². The van der Waals surface area contributed by atoms with Crippen LogP contribution < -0.4 is 5.32 Å². The Kier molecular flexibility index (Phi) is 4.06. The normalized spacial score (nSPS) is 17.7. The number of halogens is 4. The SMILES string of the molecule is O=C(Nc1ccc(Cl)cc1C(F)(F)F)C1CCn2cncc2C1. The van der Waals surface area contributed by atoms with Crippen molar-refractivity contribution in [2.75, 3.05) is 5.32 Å². The van der Waals surface area contributed by atoms with Crippen molar-refractivity contribution in [3.63, 3.8) is 0 Å². The van der Waals surface area contributed by atoms with E-state index in [1.807, 2.05) is 4.57 Å². The van der Waals surface area contributed by atoms with E-state index < -0.39 is 17.6 Å². The van der Waals surface area contributed by atoms with Crippen LogP contribution in [-0.2, 0) is 23.9 Å². The smallest absolute Gasteiger partial charge is 0.335 e. The Bertz CT molecular complexity index is 742. The lowest BCUT2D eigenvalue weighted by Gasteiger charge is -2.23. The molecule has 1 aliphatic rings. The molecule has 1 aliphatic heterocycles. The summed E-state index contributed by atoms with van der Waals surface area (Å²) in [6.45, 7) is 0.625. The number of fused-ring (bicyclic) bond motifs is 1. The molecule has 122 valence electrons. The van der Waals surface area contributed by atoms with Crippen LogP contribution in [0, 0.1) is 5.92 Å². The molecular formula is C15H13ClF3N3O. The van der Waals surface area contributed by atoms with E-state index in [0.717, 1.165) is 11.8 Å². The zero-order valence-corrected chi connectivity index (χ0v) is 12.7. The van der Waals surface area contributed by atoms with E-state index in [4.69, 9.17) is 11.6 Å². The van der Waals surface area contributed by atoms with Crippen molar-refractivity contribution in [3.05, 3.63) is 47.0 Å². The molecule has 1 aromatic carbocycles. The lowest BCUT2D eigenvalue weighted by atomic mass is 9.95. The number of imidazole rings is 1. The fourth-order valence-electron chi connectivity index (χ4n) is 2.69. The van der Waals surface area contributed by atoms with Crippen molar-refractivity contribution < 1.29 is 18.0 Å². The summed E-state index contributed by atoms with van der Waals surface area (Å²) in [4.78, 5) is 16.3. The molecule has 1 unspecified atom stereocenters. The molecule has 1 amide bonds. The highest BCUT2D eigenvalue weighted by molar-refractivity contribution is 6.30. The summed E-state index contributed by atoms with van der Waals surface area (Å²) in [5.74, 6) is -0.804. The Labute approximate surface area is 135 Å². The van der Waals surface area contributed by atoms with E-state index in [-0.39, 0.29) is 16.6 Å². The van der Waals surface area contributed by atoms with Gasteiger partial charge in [0.2, 0.25) is 5.91 Å². The number of carbonyl (C=O) groups is 1. The number of nitrogens with one attached hydrogen (secondary N) is 1. The Morgan fingerprint density at radius 1 is 1.39 bits per heavy atom. The van der Waals surface area contributed by atoms with Crippen molar-refractivity contribution in [2.45, 2.75) is 25.6 Å². The number of rotatable bonds is 2. The number of benzene rings is 1. The minimum atomic E-state index is -4.58. The van der Waals surface area contributed by atoms with E-state index >= 15 is 0 Å². The third-order valence-corrected chi connectivity index (χ3v) is 4.12. The number of carbonyl (C=O) groups excluding carboxylic acids is 1. The van der Waals surface area contributed by atoms with Gasteiger partial charge >= 0.3 is 6.18 Å². The summed E-state index contributed by atoms with van der Waals surface area (Å²) in [7, 11) is 0. The molecule has 2 heterocycles. The molecule has 0 saturated heterocycles. The average molecular weight is 344 g/mol. The van der Waals surface area contributed by atoms with Crippen LogP contribution in [-0.4, -0.2) is 15.5 Å². The van der Waals surface area contributed by atoms with E-state index in [0.29, 0.717) is 19.4 Å². The standard InChI is InChI=1S/C15H13ClF3N3O/c16-10-1-2-13(12(6-10)15(17,18)19)21-14(23)9-3-4-22-8-20-7-11(22)5-9/h1-2,6-9H,3-5H2,(H,21,23). The zero-order chi connectivity index (χ0) is 16.6. The Balaban J connectivity index is 1.79. The van der Waals surface area contributed by atoms with Crippen LogP contribution in [0.25, 0.3) is 0 Å². The summed E-state index contributed by atoms with van der Waals surface area (Å²) < 4.78 is 41.1. The third kappa shape index (κ3) is 3.34. The maximum atomic E-state index is 13.1. The van der Waals surface area contributed by atoms with Gasteiger partial charge < -0.3 is 9.88 Å². The van der Waals surface area contributed by atoms with Crippen LogP contribution in [0.15, 0.2) is 30.7 Å². The van der Waals surface area contributed by atoms with E-state index in [9.17, 15) is 18.0 Å². The molecule has 2 aromatic rings. The number of aryl methyl sites for hydroxylation is 1. The molecule has 0 fully saturated rings. The molecule has 4 nitrogen and oxygen atoms in total. The summed E-state index contributed by atoms with van der Waals surface area (Å²) >= 11 is 5.63. The van der Waals surface area contributed by atoms with Gasteiger partial charge in [0.1, 0.15) is 0 Å². The minimum absolute atomic E-state index is 0.0307. The van der Waals surface area contributed by atoms with Gasteiger partial charge in [-0.3, -0.25) is 4.79 Å². The monoisotopic (exact) mass is 343 g/mol. The highest BCUT2D eigenvalue weighted by Crippen LogP contribution is 2.37. The first-order valence-corrected chi connectivity index (χ1v) is 7.39. The van der Waals surface area contributed by atoms with Crippen LogP contribution in [0.2, 0.25) is 5.02 Å². The lowest BCUT2D eigenvalue weighted by Crippen LogP contribution is -2.30. The average Bonchev–Trinajstić information content (AvgIpc) is 2.95. The Morgan fingerprint density at radius 3 is 2.91 bits per heavy atom. The van der Waals surface area contributed by atoms with Crippen molar-refractivity contribution >= 4 is 23.2 Å². The van der Waals surface area contributed by atoms with Gasteiger partial charge in [0, 0.05) is 35.8 Å². The quantitative estimate of drug-likeness (QED) is 0.902. The highest BCUT2D eigenvalue weighted by atomic mass is 35.5. The molecule has 0 spiro atoms. The first-order chi connectivity index (χ1) is 10.8. The van der Waals surface area contributed by atoms with E-state index in [1.165, 1.54) is 12.1 Å². The first kappa shape index (κ1) is 15.9. The molecule has 1 atom stereocenters. The second-order valence-electron chi connectivity index (χ2n) is 5.45. The summed E-state index contributed by atoms with van der Waals surface area (Å²) in [6.07, 6.45) is -0.211. The van der Waals surface area contributed by atoms with Crippen LogP contribution in [0.1, 0.15) is 17.7 Å². The first-order valence-electron chi connectivity index (χ1n) is 7.01. The van der Waals surface area contributed by atoms with Gasteiger partial charge in [-0.15, -0.1) is 0 Å². The van der Waals surface area contributed by atoms with Gasteiger partial charge in [0.05, 0.1) is 17.6 Å². The molecule has 1 aromatic heterocycles. The largest absolute Gasteiger partial charge is 0.418 e. The number of hydrogen-bond donors (Lipinski definition) is 1. The van der Waals surface area contributed by atoms with Gasteiger partial charge in [-0.1, -0.05) is 11.6 Å². The van der Waals surface area contributed by atoms with Crippen LogP contribution in [0.5, 0.6) is 0 Å². The molecule has 0 radical (unpaired) electrons. The predicted molar refractivity (Wildman–Crippen MR) is 79.1 cm³/mol.